The van der Waals surface area contributed by atoms with Gasteiger partial charge in [-0.05, 0) is 57.5 Å². The first-order valence-corrected chi connectivity index (χ1v) is 14.7. The quantitative estimate of drug-likeness (QED) is 0.199. The minimum Gasteiger partial charge on any atom is -0.264 e. The molecular weight excluding hydrogens is 572 g/mol. The Morgan fingerprint density at radius 3 is 1.20 bits per heavy atom. The average molecular weight is 601 g/mol. The number of hydrogen-bond donors (Lipinski definition) is 0. The van der Waals surface area contributed by atoms with Gasteiger partial charge in [0, 0.05) is 45.8 Å². The summed E-state index contributed by atoms with van der Waals surface area (Å²) in [6.45, 7) is 7.47. The number of pyridine rings is 1. The maximum atomic E-state index is 4.92. The molecule has 0 N–H and O–H groups in total. The molecule has 4 heterocycles. The normalized spacial score (nSPS) is 11.0. The van der Waals surface area contributed by atoms with Crippen molar-refractivity contribution >= 4 is 0 Å². The molecule has 0 bridgehead atoms. The van der Waals surface area contributed by atoms with Crippen LogP contribution in [-0.4, -0.2) is 49.8 Å². The maximum Gasteiger partial charge on any atom is 0.163 e. The molecule has 3 aromatic carbocycles. The zero-order valence-corrected chi connectivity index (χ0v) is 25.7. The average Bonchev–Trinajstić information content (AvgIpc) is 3.08. The van der Waals surface area contributed by atoms with Gasteiger partial charge in [-0.2, -0.15) is 0 Å². The first-order valence-electron chi connectivity index (χ1n) is 14.7. The second-order valence-electron chi connectivity index (χ2n) is 10.8. The minimum absolute atomic E-state index is 0.538. The van der Waals surface area contributed by atoms with Crippen molar-refractivity contribution in [2.45, 2.75) is 27.7 Å². The van der Waals surface area contributed by atoms with Gasteiger partial charge in [0.05, 0.1) is 0 Å². The first-order chi connectivity index (χ1) is 22.4. The summed E-state index contributed by atoms with van der Waals surface area (Å²) in [6.07, 6.45) is 3.59. The summed E-state index contributed by atoms with van der Waals surface area (Å²) in [7, 11) is 0. The standard InChI is InChI=1S/C36H28N10/c1-21-38-22(2)40-32(39-21)26-12-14-27(15-13-26)34-42-24(4)44-36(46-34)31-18-29(28-11-8-16-37-20-28)17-30(19-31)35-43-23(3)41-33(45-35)25-9-6-5-7-10-25/h5-20H,1-4H3. The van der Waals surface area contributed by atoms with Crippen LogP contribution in [0.3, 0.4) is 0 Å². The smallest absolute Gasteiger partial charge is 0.163 e. The van der Waals surface area contributed by atoms with Gasteiger partial charge in [-0.1, -0.05) is 60.7 Å². The van der Waals surface area contributed by atoms with Crippen molar-refractivity contribution in [2.24, 2.45) is 0 Å². The molecule has 0 radical (unpaired) electrons. The molecule has 0 aliphatic heterocycles. The number of hydrogen-bond acceptors (Lipinski definition) is 10. The van der Waals surface area contributed by atoms with Crippen molar-refractivity contribution in [3.05, 3.63) is 121 Å². The Labute approximate surface area is 265 Å². The molecule has 0 aliphatic rings. The van der Waals surface area contributed by atoms with Gasteiger partial charge >= 0.3 is 0 Å². The molecule has 10 heteroatoms. The molecule has 0 saturated heterocycles. The van der Waals surface area contributed by atoms with Gasteiger partial charge in [0.25, 0.3) is 0 Å². The van der Waals surface area contributed by atoms with E-state index in [1.54, 1.807) is 6.20 Å². The van der Waals surface area contributed by atoms with Gasteiger partial charge in [0.1, 0.15) is 23.3 Å². The minimum atomic E-state index is 0.538. The summed E-state index contributed by atoms with van der Waals surface area (Å²) in [5, 5.41) is 0. The van der Waals surface area contributed by atoms with E-state index in [1.807, 2.05) is 107 Å². The molecule has 0 atom stereocenters. The van der Waals surface area contributed by atoms with Crippen LogP contribution in [0.1, 0.15) is 23.3 Å². The number of benzene rings is 3. The molecule has 0 aliphatic carbocycles. The van der Waals surface area contributed by atoms with Crippen LogP contribution < -0.4 is 0 Å². The Hall–Kier alpha value is -6.16. The highest BCUT2D eigenvalue weighted by Gasteiger charge is 2.16. The monoisotopic (exact) mass is 600 g/mol. The Morgan fingerprint density at radius 1 is 0.326 bits per heavy atom. The topological polar surface area (TPSA) is 129 Å². The fourth-order valence-corrected chi connectivity index (χ4v) is 5.17. The first kappa shape index (κ1) is 28.6. The summed E-state index contributed by atoms with van der Waals surface area (Å²) in [6, 6.07) is 27.8. The second kappa shape index (κ2) is 12.1. The van der Waals surface area contributed by atoms with E-state index in [9.17, 15) is 0 Å². The van der Waals surface area contributed by atoms with Crippen LogP contribution in [0.2, 0.25) is 0 Å². The molecule has 0 saturated carbocycles. The fraction of sp³-hybridized carbons (Fsp3) is 0.111. The van der Waals surface area contributed by atoms with Gasteiger partial charge in [-0.25, -0.2) is 44.9 Å². The van der Waals surface area contributed by atoms with Crippen molar-refractivity contribution in [3.63, 3.8) is 0 Å². The third-order valence-corrected chi connectivity index (χ3v) is 7.23. The van der Waals surface area contributed by atoms with E-state index < -0.39 is 0 Å². The highest BCUT2D eigenvalue weighted by Crippen LogP contribution is 2.32. The molecule has 10 nitrogen and oxygen atoms in total. The Morgan fingerprint density at radius 2 is 0.717 bits per heavy atom. The fourth-order valence-electron chi connectivity index (χ4n) is 5.17. The summed E-state index contributed by atoms with van der Waals surface area (Å²) >= 11 is 0. The predicted molar refractivity (Wildman–Crippen MR) is 176 cm³/mol. The number of aromatic nitrogens is 10. The maximum absolute atomic E-state index is 4.92. The van der Waals surface area contributed by atoms with E-state index >= 15 is 0 Å². The van der Waals surface area contributed by atoms with Crippen LogP contribution in [0.5, 0.6) is 0 Å². The van der Waals surface area contributed by atoms with Crippen LogP contribution >= 0.6 is 0 Å². The molecular formula is C36H28N10. The van der Waals surface area contributed by atoms with Crippen molar-refractivity contribution in [1.29, 1.82) is 0 Å². The Kier molecular flexibility index (Phi) is 7.51. The molecule has 46 heavy (non-hydrogen) atoms. The summed E-state index contributed by atoms with van der Waals surface area (Å²) < 4.78 is 0. The number of rotatable bonds is 6. The predicted octanol–water partition coefficient (Wildman–Crippen LogP) is 6.87. The molecule has 7 aromatic rings. The molecule has 0 fully saturated rings. The van der Waals surface area contributed by atoms with Gasteiger partial charge < -0.3 is 0 Å². The van der Waals surface area contributed by atoms with E-state index in [2.05, 4.69) is 42.0 Å². The van der Waals surface area contributed by atoms with E-state index in [0.29, 0.717) is 52.4 Å². The third kappa shape index (κ3) is 6.09. The van der Waals surface area contributed by atoms with Crippen molar-refractivity contribution in [3.8, 4) is 68.1 Å². The third-order valence-electron chi connectivity index (χ3n) is 7.23. The van der Waals surface area contributed by atoms with Gasteiger partial charge in [-0.3, -0.25) is 4.98 Å². The molecule has 0 spiro atoms. The second-order valence-corrected chi connectivity index (χ2v) is 10.8. The van der Waals surface area contributed by atoms with E-state index in [0.717, 1.165) is 38.9 Å². The number of nitrogens with zero attached hydrogens (tertiary/aromatic N) is 10. The molecule has 222 valence electrons. The van der Waals surface area contributed by atoms with Crippen LogP contribution in [0.15, 0.2) is 97.3 Å². The van der Waals surface area contributed by atoms with E-state index in [-0.39, 0.29) is 0 Å². The lowest BCUT2D eigenvalue weighted by Crippen LogP contribution is -2.02. The lowest BCUT2D eigenvalue weighted by molar-refractivity contribution is 0.928. The van der Waals surface area contributed by atoms with Gasteiger partial charge in [0.2, 0.25) is 0 Å². The molecule has 0 amide bonds. The number of aryl methyl sites for hydroxylation is 4. The lowest BCUT2D eigenvalue weighted by atomic mass is 10.00. The molecule has 4 aromatic heterocycles. The highest BCUT2D eigenvalue weighted by atomic mass is 15.0. The largest absolute Gasteiger partial charge is 0.264 e. The Balaban J connectivity index is 1.32. The van der Waals surface area contributed by atoms with Crippen molar-refractivity contribution in [1.82, 2.24) is 49.8 Å². The molecule has 0 unspecified atom stereocenters. The summed E-state index contributed by atoms with van der Waals surface area (Å²) in [5.41, 5.74) is 6.15. The zero-order valence-electron chi connectivity index (χ0n) is 25.7. The summed E-state index contributed by atoms with van der Waals surface area (Å²) in [4.78, 5) is 46.1. The zero-order chi connectivity index (χ0) is 31.6. The van der Waals surface area contributed by atoms with Crippen LogP contribution in [0.4, 0.5) is 0 Å². The van der Waals surface area contributed by atoms with Crippen LogP contribution in [0.25, 0.3) is 68.1 Å². The van der Waals surface area contributed by atoms with Crippen LogP contribution in [-0.2, 0) is 0 Å². The Bertz CT molecular complexity index is 2160. The molecule has 7 rings (SSSR count). The van der Waals surface area contributed by atoms with E-state index in [4.69, 9.17) is 19.9 Å². The van der Waals surface area contributed by atoms with Crippen molar-refractivity contribution in [2.75, 3.05) is 0 Å². The van der Waals surface area contributed by atoms with Crippen LogP contribution in [0, 0.1) is 27.7 Å². The van der Waals surface area contributed by atoms with Gasteiger partial charge in [0.15, 0.2) is 29.1 Å². The highest BCUT2D eigenvalue weighted by molar-refractivity contribution is 5.78. The van der Waals surface area contributed by atoms with Crippen molar-refractivity contribution < 1.29 is 0 Å². The van der Waals surface area contributed by atoms with Gasteiger partial charge in [-0.15, -0.1) is 0 Å². The lowest BCUT2D eigenvalue weighted by Gasteiger charge is -2.12. The summed E-state index contributed by atoms with van der Waals surface area (Å²) in [5.74, 6) is 5.49. The van der Waals surface area contributed by atoms with E-state index in [1.165, 1.54) is 0 Å². The SMILES string of the molecule is Cc1nc(C)nc(-c2ccc(-c3nc(C)nc(-c4cc(-c5cccnc5)cc(-c5nc(C)nc(-c6ccccc6)n5)c4)n3)cc2)n1.